The fraction of sp³-hybridized carbons (Fsp3) is 0.455. The zero-order valence-electron chi connectivity index (χ0n) is 17.2. The number of nitrogens with one attached hydrogen (secondary N) is 1. The summed E-state index contributed by atoms with van der Waals surface area (Å²) >= 11 is 0. The second-order valence-corrected chi connectivity index (χ2v) is 7.76. The van der Waals surface area contributed by atoms with E-state index in [1.54, 1.807) is 11.6 Å². The van der Waals surface area contributed by atoms with Crippen molar-refractivity contribution in [3.63, 3.8) is 0 Å². The second-order valence-electron chi connectivity index (χ2n) is 7.76. The van der Waals surface area contributed by atoms with Crippen molar-refractivity contribution in [1.82, 2.24) is 19.5 Å². The molecule has 1 atom stereocenters. The Morgan fingerprint density at radius 2 is 2.17 bits per heavy atom. The quantitative estimate of drug-likeness (QED) is 0.669. The number of ether oxygens (including phenoxy) is 1. The highest BCUT2D eigenvalue weighted by Gasteiger charge is 2.26. The normalized spacial score (nSPS) is 17.3. The molecule has 0 saturated carbocycles. The molecule has 0 spiro atoms. The van der Waals surface area contributed by atoms with Gasteiger partial charge in [-0.05, 0) is 44.0 Å². The maximum atomic E-state index is 12.7. The minimum atomic E-state index is -0.0321. The molecule has 1 unspecified atom stereocenters. The van der Waals surface area contributed by atoms with Crippen LogP contribution in [0.25, 0.3) is 5.65 Å². The van der Waals surface area contributed by atoms with E-state index in [9.17, 15) is 9.90 Å². The summed E-state index contributed by atoms with van der Waals surface area (Å²) in [5.74, 6) is 1.06. The Morgan fingerprint density at radius 1 is 1.34 bits per heavy atom. The number of hydrogen-bond acceptors (Lipinski definition) is 5. The molecular weight excluding hydrogens is 368 g/mol. The summed E-state index contributed by atoms with van der Waals surface area (Å²) in [5, 5.41) is 12.8. The number of methoxy groups -OCH3 is 1. The summed E-state index contributed by atoms with van der Waals surface area (Å²) in [6, 6.07) is 7.98. The van der Waals surface area contributed by atoms with Gasteiger partial charge in [0, 0.05) is 47.6 Å². The molecule has 1 aliphatic rings. The lowest BCUT2D eigenvalue weighted by Gasteiger charge is -2.17. The van der Waals surface area contributed by atoms with Crippen molar-refractivity contribution < 1.29 is 9.84 Å². The van der Waals surface area contributed by atoms with Crippen molar-refractivity contribution in [2.45, 2.75) is 45.8 Å². The zero-order valence-corrected chi connectivity index (χ0v) is 17.2. The van der Waals surface area contributed by atoms with E-state index < -0.39 is 0 Å². The van der Waals surface area contributed by atoms with Crippen LogP contribution in [0.1, 0.15) is 47.3 Å². The second kappa shape index (κ2) is 8.00. The van der Waals surface area contributed by atoms with Gasteiger partial charge in [0.25, 0.3) is 5.56 Å². The number of H-pyrrole nitrogens is 1. The average molecular weight is 396 g/mol. The van der Waals surface area contributed by atoms with Gasteiger partial charge in [-0.2, -0.15) is 0 Å². The number of benzene rings is 1. The highest BCUT2D eigenvalue weighted by Crippen LogP contribution is 2.29. The van der Waals surface area contributed by atoms with Gasteiger partial charge in [0.15, 0.2) is 5.65 Å². The fourth-order valence-electron chi connectivity index (χ4n) is 4.35. The standard InChI is InChI=1S/C22H28N4O3/c1-4-18-14(2)23-21-10-19(24-26(21)22(18)28)16-7-8-25(12-16)11-15-5-6-20(29-3)17(9-15)13-27/h5-6,9-10,16,24,27H,4,7-8,11-13H2,1-3H3. The number of fused-ring (bicyclic) bond motifs is 1. The first-order valence-corrected chi connectivity index (χ1v) is 10.1. The molecule has 0 aliphatic carbocycles. The molecule has 7 nitrogen and oxygen atoms in total. The van der Waals surface area contributed by atoms with Gasteiger partial charge in [-0.25, -0.2) is 9.50 Å². The topological polar surface area (TPSA) is 82.9 Å². The molecule has 2 N–H and O–H groups in total. The molecule has 29 heavy (non-hydrogen) atoms. The van der Waals surface area contributed by atoms with E-state index in [2.05, 4.69) is 15.0 Å². The number of aromatic nitrogens is 3. The summed E-state index contributed by atoms with van der Waals surface area (Å²) in [4.78, 5) is 19.7. The average Bonchev–Trinajstić information content (AvgIpc) is 3.35. The van der Waals surface area contributed by atoms with E-state index in [4.69, 9.17) is 4.74 Å². The number of rotatable bonds is 6. The number of aryl methyl sites for hydroxylation is 1. The van der Waals surface area contributed by atoms with Gasteiger partial charge in [-0.1, -0.05) is 13.0 Å². The van der Waals surface area contributed by atoms with Crippen molar-refractivity contribution in [3.8, 4) is 5.75 Å². The van der Waals surface area contributed by atoms with Gasteiger partial charge in [0.05, 0.1) is 13.7 Å². The van der Waals surface area contributed by atoms with E-state index in [1.165, 1.54) is 0 Å². The van der Waals surface area contributed by atoms with Crippen LogP contribution in [0.3, 0.4) is 0 Å². The first kappa shape index (κ1) is 19.7. The van der Waals surface area contributed by atoms with Gasteiger partial charge in [-0.15, -0.1) is 0 Å². The first-order valence-electron chi connectivity index (χ1n) is 10.1. The van der Waals surface area contributed by atoms with Gasteiger partial charge in [-0.3, -0.25) is 14.8 Å². The first-order chi connectivity index (χ1) is 14.0. The zero-order chi connectivity index (χ0) is 20.5. The predicted octanol–water partition coefficient (Wildman–Crippen LogP) is 2.38. The lowest BCUT2D eigenvalue weighted by molar-refractivity contribution is 0.273. The highest BCUT2D eigenvalue weighted by atomic mass is 16.5. The Bertz CT molecular complexity index is 1090. The molecule has 3 heterocycles. The Morgan fingerprint density at radius 3 is 2.90 bits per heavy atom. The molecule has 4 rings (SSSR count). The van der Waals surface area contributed by atoms with Crippen LogP contribution in [0.5, 0.6) is 5.75 Å². The molecule has 1 aliphatic heterocycles. The number of likely N-dealkylation sites (tertiary alicyclic amines) is 1. The van der Waals surface area contributed by atoms with Crippen LogP contribution in [0.15, 0.2) is 29.1 Å². The fourth-order valence-corrected chi connectivity index (χ4v) is 4.35. The summed E-state index contributed by atoms with van der Waals surface area (Å²) in [6.45, 7) is 6.59. The highest BCUT2D eigenvalue weighted by molar-refractivity contribution is 5.43. The Kier molecular flexibility index (Phi) is 5.43. The Labute approximate surface area is 169 Å². The lowest BCUT2D eigenvalue weighted by Crippen LogP contribution is -2.22. The van der Waals surface area contributed by atoms with Crippen molar-refractivity contribution in [2.75, 3.05) is 20.2 Å². The third kappa shape index (κ3) is 3.68. The third-order valence-corrected chi connectivity index (χ3v) is 5.92. The maximum absolute atomic E-state index is 12.7. The molecule has 7 heteroatoms. The maximum Gasteiger partial charge on any atom is 0.276 e. The van der Waals surface area contributed by atoms with E-state index in [1.807, 2.05) is 38.1 Å². The summed E-state index contributed by atoms with van der Waals surface area (Å²) in [7, 11) is 1.62. The Hall–Kier alpha value is -2.64. The molecule has 0 radical (unpaired) electrons. The van der Waals surface area contributed by atoms with Gasteiger partial charge in [0.2, 0.25) is 0 Å². The summed E-state index contributed by atoms with van der Waals surface area (Å²) in [5.41, 5.74) is 5.32. The summed E-state index contributed by atoms with van der Waals surface area (Å²) < 4.78 is 6.87. The SMILES string of the molecule is CCc1c(C)nc2cc(C3CCN(Cc4ccc(OC)c(CO)c4)C3)[nH]n2c1=O. The van der Waals surface area contributed by atoms with Crippen molar-refractivity contribution >= 4 is 5.65 Å². The van der Waals surface area contributed by atoms with Crippen LogP contribution in [-0.4, -0.2) is 44.8 Å². The molecule has 1 aromatic carbocycles. The lowest BCUT2D eigenvalue weighted by atomic mass is 10.1. The summed E-state index contributed by atoms with van der Waals surface area (Å²) in [6.07, 6.45) is 1.72. The number of nitrogens with zero attached hydrogens (tertiary/aromatic N) is 3. The molecular formula is C22H28N4O3. The van der Waals surface area contributed by atoms with Crippen molar-refractivity contribution in [2.24, 2.45) is 0 Å². The van der Waals surface area contributed by atoms with E-state index in [0.717, 1.165) is 54.1 Å². The number of aliphatic hydroxyl groups excluding tert-OH is 1. The van der Waals surface area contributed by atoms with Crippen molar-refractivity contribution in [1.29, 1.82) is 0 Å². The van der Waals surface area contributed by atoms with E-state index >= 15 is 0 Å². The van der Waals surface area contributed by atoms with Crippen LogP contribution in [0, 0.1) is 6.92 Å². The number of aromatic amines is 1. The smallest absolute Gasteiger partial charge is 0.276 e. The third-order valence-electron chi connectivity index (χ3n) is 5.92. The van der Waals surface area contributed by atoms with Gasteiger partial charge >= 0.3 is 0 Å². The molecule has 0 amide bonds. The molecule has 3 aromatic rings. The molecule has 1 saturated heterocycles. The number of hydrogen-bond donors (Lipinski definition) is 2. The molecule has 1 fully saturated rings. The minimum absolute atomic E-state index is 0.00543. The predicted molar refractivity (Wildman–Crippen MR) is 111 cm³/mol. The van der Waals surface area contributed by atoms with E-state index in [0.29, 0.717) is 23.7 Å². The van der Waals surface area contributed by atoms with Gasteiger partial charge in [0.1, 0.15) is 5.75 Å². The Balaban J connectivity index is 1.51. The largest absolute Gasteiger partial charge is 0.496 e. The van der Waals surface area contributed by atoms with Crippen LogP contribution in [0.2, 0.25) is 0 Å². The van der Waals surface area contributed by atoms with Gasteiger partial charge < -0.3 is 9.84 Å². The van der Waals surface area contributed by atoms with Crippen molar-refractivity contribution in [3.05, 3.63) is 62.7 Å². The molecule has 2 aromatic heterocycles. The van der Waals surface area contributed by atoms with Crippen LogP contribution in [-0.2, 0) is 19.6 Å². The molecule has 154 valence electrons. The van der Waals surface area contributed by atoms with Crippen LogP contribution >= 0.6 is 0 Å². The van der Waals surface area contributed by atoms with E-state index in [-0.39, 0.29) is 12.2 Å². The minimum Gasteiger partial charge on any atom is -0.496 e. The van der Waals surface area contributed by atoms with Crippen LogP contribution in [0.4, 0.5) is 0 Å². The number of aliphatic hydroxyl groups is 1. The monoisotopic (exact) mass is 396 g/mol. The molecule has 0 bridgehead atoms. The van der Waals surface area contributed by atoms with Crippen LogP contribution < -0.4 is 10.3 Å².